The van der Waals surface area contributed by atoms with Crippen molar-refractivity contribution in [1.29, 1.82) is 0 Å². The molecule has 0 aromatic carbocycles. The highest BCUT2D eigenvalue weighted by Crippen LogP contribution is 2.16. The normalized spacial score (nSPS) is 12.6. The van der Waals surface area contributed by atoms with Gasteiger partial charge in [0.1, 0.15) is 0 Å². The van der Waals surface area contributed by atoms with E-state index in [1.54, 1.807) is 0 Å². The summed E-state index contributed by atoms with van der Waals surface area (Å²) in [5, 5.41) is 6.46. The van der Waals surface area contributed by atoms with Crippen LogP contribution >= 0.6 is 0 Å². The lowest BCUT2D eigenvalue weighted by atomic mass is 10.0. The lowest BCUT2D eigenvalue weighted by molar-refractivity contribution is 0.222. The van der Waals surface area contributed by atoms with Crippen molar-refractivity contribution in [1.82, 2.24) is 15.0 Å². The third-order valence-corrected chi connectivity index (χ3v) is 2.85. The van der Waals surface area contributed by atoms with Crippen LogP contribution in [0.2, 0.25) is 0 Å². The smallest absolute Gasteiger partial charge is 0.323 e. The van der Waals surface area contributed by atoms with E-state index in [0.29, 0.717) is 29.9 Å². The summed E-state index contributed by atoms with van der Waals surface area (Å²) in [4.78, 5) is 13.0. The maximum Gasteiger partial charge on any atom is 0.323 e. The minimum absolute atomic E-state index is 0.0341. The van der Waals surface area contributed by atoms with Crippen LogP contribution in [0.25, 0.3) is 0 Å². The molecule has 6 heteroatoms. The fourth-order valence-electron chi connectivity index (χ4n) is 1.83. The highest BCUT2D eigenvalue weighted by atomic mass is 16.5. The number of hydrogen-bond acceptors (Lipinski definition) is 6. The zero-order valence-corrected chi connectivity index (χ0v) is 13.4. The molecule has 0 aliphatic rings. The van der Waals surface area contributed by atoms with E-state index < -0.39 is 0 Å². The first-order chi connectivity index (χ1) is 9.46. The van der Waals surface area contributed by atoms with Crippen LogP contribution in [-0.2, 0) is 0 Å². The van der Waals surface area contributed by atoms with Crippen LogP contribution < -0.4 is 15.4 Å². The summed E-state index contributed by atoms with van der Waals surface area (Å²) in [5.74, 6) is 1.61. The van der Waals surface area contributed by atoms with Crippen molar-refractivity contribution in [3.8, 4) is 6.01 Å². The molecule has 1 unspecified atom stereocenters. The van der Waals surface area contributed by atoms with Gasteiger partial charge in [-0.15, -0.1) is 0 Å². The van der Waals surface area contributed by atoms with E-state index >= 15 is 0 Å². The molecule has 0 radical (unpaired) electrons. The Morgan fingerprint density at radius 3 is 2.15 bits per heavy atom. The fourth-order valence-corrected chi connectivity index (χ4v) is 1.83. The Morgan fingerprint density at radius 2 is 1.65 bits per heavy atom. The first-order valence-corrected chi connectivity index (χ1v) is 7.39. The van der Waals surface area contributed by atoms with Crippen molar-refractivity contribution in [2.75, 3.05) is 17.2 Å². The van der Waals surface area contributed by atoms with Crippen molar-refractivity contribution in [2.24, 2.45) is 5.92 Å². The topological polar surface area (TPSA) is 72.0 Å². The molecule has 0 aliphatic heterocycles. The summed E-state index contributed by atoms with van der Waals surface area (Å²) in [6.45, 7) is 13.2. The van der Waals surface area contributed by atoms with E-state index in [4.69, 9.17) is 4.74 Å². The minimum atomic E-state index is 0.0341. The molecule has 0 spiro atoms. The summed E-state index contributed by atoms with van der Waals surface area (Å²) in [7, 11) is 0. The fraction of sp³-hybridized carbons (Fsp3) is 0.786. The molecule has 6 nitrogen and oxygen atoms in total. The van der Waals surface area contributed by atoms with Crippen molar-refractivity contribution < 1.29 is 4.74 Å². The molecule has 0 fully saturated rings. The summed E-state index contributed by atoms with van der Waals surface area (Å²) in [6, 6.07) is 0.686. The van der Waals surface area contributed by atoms with E-state index in [1.807, 2.05) is 20.8 Å². The van der Waals surface area contributed by atoms with E-state index in [2.05, 4.69) is 46.4 Å². The number of ether oxygens (including phenoxy) is 1. The standard InChI is InChI=1S/C14H27N5O/c1-7-11(9(3)4)16-13-17-12(15-8-2)18-14(19-13)20-10(5)6/h9-11H,7-8H2,1-6H3,(H2,15,16,17,18,19). The van der Waals surface area contributed by atoms with Gasteiger partial charge in [-0.2, -0.15) is 15.0 Å². The lowest BCUT2D eigenvalue weighted by Gasteiger charge is -2.21. The molecule has 1 aromatic rings. The number of hydrogen-bond donors (Lipinski definition) is 2. The van der Waals surface area contributed by atoms with Crippen LogP contribution in [0, 0.1) is 5.92 Å². The van der Waals surface area contributed by atoms with Gasteiger partial charge in [-0.3, -0.25) is 0 Å². The predicted molar refractivity (Wildman–Crippen MR) is 82.3 cm³/mol. The molecule has 0 amide bonds. The average molecular weight is 281 g/mol. The highest BCUT2D eigenvalue weighted by molar-refractivity contribution is 5.36. The molecular formula is C14H27N5O. The molecule has 0 aliphatic carbocycles. The Morgan fingerprint density at radius 1 is 1.00 bits per heavy atom. The zero-order valence-electron chi connectivity index (χ0n) is 13.4. The van der Waals surface area contributed by atoms with Crippen LogP contribution in [0.5, 0.6) is 6.01 Å². The van der Waals surface area contributed by atoms with Crippen LogP contribution in [0.3, 0.4) is 0 Å². The maximum atomic E-state index is 5.58. The third kappa shape index (κ3) is 5.19. The van der Waals surface area contributed by atoms with Crippen LogP contribution in [0.15, 0.2) is 0 Å². The average Bonchev–Trinajstić information content (AvgIpc) is 2.34. The molecule has 0 saturated heterocycles. The molecule has 1 rings (SSSR count). The largest absolute Gasteiger partial charge is 0.461 e. The Hall–Kier alpha value is -1.59. The SMILES string of the molecule is CCNc1nc(NC(CC)C(C)C)nc(OC(C)C)n1. The van der Waals surface area contributed by atoms with Crippen LogP contribution in [0.1, 0.15) is 48.0 Å². The van der Waals surface area contributed by atoms with Gasteiger partial charge >= 0.3 is 6.01 Å². The predicted octanol–water partition coefficient (Wildman–Crippen LogP) is 2.94. The maximum absolute atomic E-state index is 5.58. The molecule has 0 saturated carbocycles. The summed E-state index contributed by atoms with van der Waals surface area (Å²) in [6.07, 6.45) is 1.05. The van der Waals surface area contributed by atoms with Crippen LogP contribution in [0.4, 0.5) is 11.9 Å². The van der Waals surface area contributed by atoms with Crippen molar-refractivity contribution in [2.45, 2.75) is 60.1 Å². The van der Waals surface area contributed by atoms with Gasteiger partial charge < -0.3 is 15.4 Å². The monoisotopic (exact) mass is 281 g/mol. The summed E-state index contributed by atoms with van der Waals surface area (Å²) >= 11 is 0. The molecule has 114 valence electrons. The van der Waals surface area contributed by atoms with Gasteiger partial charge in [0.15, 0.2) is 0 Å². The van der Waals surface area contributed by atoms with Gasteiger partial charge in [0, 0.05) is 12.6 Å². The quantitative estimate of drug-likeness (QED) is 0.763. The van der Waals surface area contributed by atoms with E-state index in [-0.39, 0.29) is 6.10 Å². The van der Waals surface area contributed by atoms with Gasteiger partial charge in [0.2, 0.25) is 11.9 Å². The van der Waals surface area contributed by atoms with E-state index in [1.165, 1.54) is 0 Å². The second-order valence-corrected chi connectivity index (χ2v) is 5.37. The number of anilines is 2. The van der Waals surface area contributed by atoms with Crippen LogP contribution in [-0.4, -0.2) is 33.6 Å². The Labute approximate surface area is 121 Å². The van der Waals surface area contributed by atoms with Gasteiger partial charge in [-0.25, -0.2) is 0 Å². The van der Waals surface area contributed by atoms with Gasteiger partial charge in [0.05, 0.1) is 6.10 Å². The Kier molecular flexibility index (Phi) is 6.48. The highest BCUT2D eigenvalue weighted by Gasteiger charge is 2.14. The Balaban J connectivity index is 2.95. The molecule has 1 atom stereocenters. The first-order valence-electron chi connectivity index (χ1n) is 7.39. The number of nitrogens with zero attached hydrogens (tertiary/aromatic N) is 3. The third-order valence-electron chi connectivity index (χ3n) is 2.85. The van der Waals surface area contributed by atoms with Gasteiger partial charge in [-0.05, 0) is 33.1 Å². The zero-order chi connectivity index (χ0) is 15.1. The molecule has 20 heavy (non-hydrogen) atoms. The Bertz CT molecular complexity index is 409. The minimum Gasteiger partial charge on any atom is -0.461 e. The number of nitrogens with one attached hydrogen (secondary N) is 2. The van der Waals surface area contributed by atoms with E-state index in [9.17, 15) is 0 Å². The summed E-state index contributed by atoms with van der Waals surface area (Å²) < 4.78 is 5.58. The van der Waals surface area contributed by atoms with Gasteiger partial charge in [0.25, 0.3) is 0 Å². The number of aromatic nitrogens is 3. The molecule has 1 heterocycles. The lowest BCUT2D eigenvalue weighted by Crippen LogP contribution is -2.26. The van der Waals surface area contributed by atoms with Crippen molar-refractivity contribution in [3.05, 3.63) is 0 Å². The molecule has 2 N–H and O–H groups in total. The molecule has 1 aromatic heterocycles. The van der Waals surface area contributed by atoms with Gasteiger partial charge in [-0.1, -0.05) is 20.8 Å². The first kappa shape index (κ1) is 16.5. The molecule has 0 bridgehead atoms. The number of rotatable bonds is 8. The summed E-state index contributed by atoms with van der Waals surface area (Å²) in [5.41, 5.74) is 0. The second kappa shape index (κ2) is 7.87. The van der Waals surface area contributed by atoms with E-state index in [0.717, 1.165) is 13.0 Å². The van der Waals surface area contributed by atoms with Crippen molar-refractivity contribution >= 4 is 11.9 Å². The second-order valence-electron chi connectivity index (χ2n) is 5.37. The molecular weight excluding hydrogens is 254 g/mol. The van der Waals surface area contributed by atoms with Crippen molar-refractivity contribution in [3.63, 3.8) is 0 Å².